The highest BCUT2D eigenvalue weighted by atomic mass is 35.5. The molecule has 1 rings (SSSR count). The standard InChI is InChI=1S/C11H10ClF3O2/c12-9-3-1-2-7(5-9)4-8(10(16)17)6-11(13,14)15/h1-3,5,8H,4,6H2,(H,16,17). The zero-order chi connectivity index (χ0) is 13.1. The molecule has 1 unspecified atom stereocenters. The minimum Gasteiger partial charge on any atom is -0.481 e. The summed E-state index contributed by atoms with van der Waals surface area (Å²) in [5.74, 6) is -2.93. The van der Waals surface area contributed by atoms with Crippen LogP contribution in [0.4, 0.5) is 13.2 Å². The summed E-state index contributed by atoms with van der Waals surface area (Å²) in [6.45, 7) is 0. The number of rotatable bonds is 4. The van der Waals surface area contributed by atoms with Crippen molar-refractivity contribution in [2.75, 3.05) is 0 Å². The van der Waals surface area contributed by atoms with Crippen molar-refractivity contribution in [3.8, 4) is 0 Å². The van der Waals surface area contributed by atoms with Crippen molar-refractivity contribution < 1.29 is 23.1 Å². The van der Waals surface area contributed by atoms with Gasteiger partial charge in [-0.1, -0.05) is 23.7 Å². The van der Waals surface area contributed by atoms with Gasteiger partial charge in [0.25, 0.3) is 0 Å². The van der Waals surface area contributed by atoms with Gasteiger partial charge in [0.15, 0.2) is 0 Å². The molecule has 1 atom stereocenters. The largest absolute Gasteiger partial charge is 0.481 e. The Morgan fingerprint density at radius 3 is 2.53 bits per heavy atom. The molecule has 1 aromatic carbocycles. The molecule has 1 N–H and O–H groups in total. The highest BCUT2D eigenvalue weighted by Gasteiger charge is 2.35. The zero-order valence-corrected chi connectivity index (χ0v) is 9.42. The molecular formula is C11H10ClF3O2. The molecule has 0 fully saturated rings. The van der Waals surface area contributed by atoms with Crippen molar-refractivity contribution in [2.24, 2.45) is 5.92 Å². The van der Waals surface area contributed by atoms with Crippen LogP contribution in [0.5, 0.6) is 0 Å². The van der Waals surface area contributed by atoms with Crippen molar-refractivity contribution in [3.63, 3.8) is 0 Å². The van der Waals surface area contributed by atoms with Crippen LogP contribution in [-0.2, 0) is 11.2 Å². The van der Waals surface area contributed by atoms with Gasteiger partial charge in [-0.25, -0.2) is 0 Å². The number of hydrogen-bond acceptors (Lipinski definition) is 1. The van der Waals surface area contributed by atoms with Gasteiger partial charge in [0.05, 0.1) is 12.3 Å². The summed E-state index contributed by atoms with van der Waals surface area (Å²) in [5, 5.41) is 9.11. The molecule has 0 radical (unpaired) electrons. The zero-order valence-electron chi connectivity index (χ0n) is 8.67. The van der Waals surface area contributed by atoms with Crippen LogP contribution in [0, 0.1) is 5.92 Å². The molecule has 6 heteroatoms. The molecule has 0 heterocycles. The second-order valence-electron chi connectivity index (χ2n) is 3.69. The number of halogens is 4. The predicted octanol–water partition coefficient (Wildman–Crippen LogP) is 3.54. The van der Waals surface area contributed by atoms with E-state index in [0.29, 0.717) is 10.6 Å². The molecular weight excluding hydrogens is 257 g/mol. The fraction of sp³-hybridized carbons (Fsp3) is 0.364. The molecule has 0 amide bonds. The first-order chi connectivity index (χ1) is 7.78. The number of carboxylic acid groups (broad SMARTS) is 1. The van der Waals surface area contributed by atoms with Gasteiger partial charge in [0.1, 0.15) is 0 Å². The maximum Gasteiger partial charge on any atom is 0.389 e. The van der Waals surface area contributed by atoms with Gasteiger partial charge in [-0.15, -0.1) is 0 Å². The molecule has 94 valence electrons. The lowest BCUT2D eigenvalue weighted by atomic mass is 9.96. The van der Waals surface area contributed by atoms with Gasteiger partial charge in [-0.2, -0.15) is 13.2 Å². The summed E-state index contributed by atoms with van der Waals surface area (Å²) >= 11 is 5.67. The van der Waals surface area contributed by atoms with E-state index in [1.165, 1.54) is 6.07 Å². The van der Waals surface area contributed by atoms with Crippen molar-refractivity contribution in [3.05, 3.63) is 34.9 Å². The van der Waals surface area contributed by atoms with Crippen LogP contribution < -0.4 is 0 Å². The van der Waals surface area contributed by atoms with Gasteiger partial charge in [-0.05, 0) is 24.1 Å². The fourth-order valence-electron chi connectivity index (χ4n) is 1.47. The Morgan fingerprint density at radius 2 is 2.06 bits per heavy atom. The molecule has 0 bridgehead atoms. The predicted molar refractivity (Wildman–Crippen MR) is 57.0 cm³/mol. The average Bonchev–Trinajstić information content (AvgIpc) is 2.14. The molecule has 0 saturated heterocycles. The van der Waals surface area contributed by atoms with E-state index in [-0.39, 0.29) is 6.42 Å². The Balaban J connectivity index is 2.77. The van der Waals surface area contributed by atoms with Crippen molar-refractivity contribution in [1.29, 1.82) is 0 Å². The summed E-state index contributed by atoms with van der Waals surface area (Å²) in [6, 6.07) is 6.17. The average molecular weight is 267 g/mol. The monoisotopic (exact) mass is 266 g/mol. The SMILES string of the molecule is O=C(O)C(Cc1cccc(Cl)c1)CC(F)(F)F. The normalized spacial score (nSPS) is 13.4. The van der Waals surface area contributed by atoms with Gasteiger partial charge >= 0.3 is 12.1 Å². The van der Waals surface area contributed by atoms with Crippen LogP contribution in [0.3, 0.4) is 0 Å². The van der Waals surface area contributed by atoms with Gasteiger partial charge in [0.2, 0.25) is 0 Å². The van der Waals surface area contributed by atoms with Crippen LogP contribution in [0.15, 0.2) is 24.3 Å². The van der Waals surface area contributed by atoms with Crippen LogP contribution >= 0.6 is 11.6 Å². The third-order valence-electron chi connectivity index (χ3n) is 2.20. The van der Waals surface area contributed by atoms with Gasteiger partial charge in [-0.3, -0.25) is 4.79 Å². The summed E-state index contributed by atoms with van der Waals surface area (Å²) in [4.78, 5) is 10.7. The van der Waals surface area contributed by atoms with E-state index in [0.717, 1.165) is 0 Å². The van der Waals surface area contributed by atoms with Crippen LogP contribution in [0.25, 0.3) is 0 Å². The summed E-state index contributed by atoms with van der Waals surface area (Å²) in [7, 11) is 0. The lowest BCUT2D eigenvalue weighted by Crippen LogP contribution is -2.24. The maximum atomic E-state index is 12.2. The molecule has 2 nitrogen and oxygen atoms in total. The minimum atomic E-state index is -4.48. The third-order valence-corrected chi connectivity index (χ3v) is 2.43. The van der Waals surface area contributed by atoms with E-state index in [2.05, 4.69) is 0 Å². The molecule has 0 aliphatic carbocycles. The molecule has 0 aliphatic heterocycles. The van der Waals surface area contributed by atoms with E-state index in [4.69, 9.17) is 16.7 Å². The summed E-state index contributed by atoms with van der Waals surface area (Å²) in [6.07, 6.45) is -6.01. The molecule has 0 aliphatic rings. The topological polar surface area (TPSA) is 37.3 Å². The second-order valence-corrected chi connectivity index (χ2v) is 4.12. The van der Waals surface area contributed by atoms with Gasteiger partial charge in [0, 0.05) is 5.02 Å². The maximum absolute atomic E-state index is 12.2. The van der Waals surface area contributed by atoms with Crippen LogP contribution in [-0.4, -0.2) is 17.3 Å². The smallest absolute Gasteiger partial charge is 0.389 e. The van der Waals surface area contributed by atoms with E-state index in [1.807, 2.05) is 0 Å². The Morgan fingerprint density at radius 1 is 1.41 bits per heavy atom. The van der Waals surface area contributed by atoms with E-state index >= 15 is 0 Å². The van der Waals surface area contributed by atoms with Crippen molar-refractivity contribution >= 4 is 17.6 Å². The lowest BCUT2D eigenvalue weighted by molar-refractivity contribution is -0.163. The summed E-state index contributed by atoms with van der Waals surface area (Å²) < 4.78 is 36.5. The van der Waals surface area contributed by atoms with E-state index in [1.54, 1.807) is 18.2 Å². The highest BCUT2D eigenvalue weighted by Crippen LogP contribution is 2.27. The molecule has 17 heavy (non-hydrogen) atoms. The summed E-state index contributed by atoms with van der Waals surface area (Å²) in [5.41, 5.74) is 0.481. The first-order valence-corrected chi connectivity index (χ1v) is 5.20. The second kappa shape index (κ2) is 5.40. The van der Waals surface area contributed by atoms with Crippen LogP contribution in [0.2, 0.25) is 5.02 Å². The quantitative estimate of drug-likeness (QED) is 0.905. The first-order valence-electron chi connectivity index (χ1n) is 4.82. The number of carboxylic acids is 1. The fourth-order valence-corrected chi connectivity index (χ4v) is 1.69. The third kappa shape index (κ3) is 5.08. The van der Waals surface area contributed by atoms with Crippen molar-refractivity contribution in [1.82, 2.24) is 0 Å². The molecule has 0 spiro atoms. The molecule has 0 aromatic heterocycles. The molecule has 0 saturated carbocycles. The minimum absolute atomic E-state index is 0.185. The first kappa shape index (κ1) is 13.8. The highest BCUT2D eigenvalue weighted by molar-refractivity contribution is 6.30. The van der Waals surface area contributed by atoms with E-state index < -0.39 is 24.5 Å². The number of aliphatic carboxylic acids is 1. The Kier molecular flexibility index (Phi) is 4.40. The van der Waals surface area contributed by atoms with Gasteiger partial charge < -0.3 is 5.11 Å². The Labute approximate surface area is 101 Å². The van der Waals surface area contributed by atoms with Crippen molar-refractivity contribution in [2.45, 2.75) is 19.0 Å². The molecule has 1 aromatic rings. The Hall–Kier alpha value is -1.23. The number of alkyl halides is 3. The lowest BCUT2D eigenvalue weighted by Gasteiger charge is -2.14. The number of hydrogen-bond donors (Lipinski definition) is 1. The Bertz CT molecular complexity index is 404. The number of carbonyl (C=O) groups is 1. The number of benzene rings is 1. The van der Waals surface area contributed by atoms with Crippen LogP contribution in [0.1, 0.15) is 12.0 Å². The van der Waals surface area contributed by atoms with E-state index in [9.17, 15) is 18.0 Å².